The summed E-state index contributed by atoms with van der Waals surface area (Å²) in [6.07, 6.45) is -14.4. The number of aliphatic carboxylic acids is 1. The van der Waals surface area contributed by atoms with E-state index in [2.05, 4.69) is 14.0 Å². The van der Waals surface area contributed by atoms with Crippen molar-refractivity contribution >= 4 is 19.6 Å². The number of ether oxygens (including phenoxy) is 2. The van der Waals surface area contributed by atoms with E-state index in [0.29, 0.717) is 0 Å². The van der Waals surface area contributed by atoms with Crippen molar-refractivity contribution in [3.8, 4) is 0 Å². The van der Waals surface area contributed by atoms with Crippen LogP contribution in [0, 0.1) is 0 Å². The molecule has 3 heterocycles. The standard InChI is InChI=1S/C18H28N4O14P/c1-6(23)11(25)14-10(20)7(24)4-18(35-14,16(28)29)36-37(31,32)33-5-8-12(26)13(27)15(34-8)22-3-2-9(19)21-17(22)30/h2-3,6-8,10-15,20,23-27H,4-5H2,1H3,(H,28,29)(H,31,32)(H2,19,21,30)/p-1/i1D. The SMILES string of the molecule is [2H]CC(O)C(O)C1OC(OP(=O)([O-])OCC2OC(n3ccc(N)nc3=O)C(O)C2O)(C(=O)O)CC(O)C1[NH]. The van der Waals surface area contributed by atoms with Gasteiger partial charge in [0.1, 0.15) is 36.3 Å². The smallest absolute Gasteiger partial charge is 0.364 e. The average Bonchev–Trinajstić information content (AvgIpc) is 3.12. The van der Waals surface area contributed by atoms with E-state index < -0.39 is 100 Å². The lowest BCUT2D eigenvalue weighted by atomic mass is 9.89. The zero-order chi connectivity index (χ0) is 28.6. The molecule has 0 saturated carbocycles. The van der Waals surface area contributed by atoms with Gasteiger partial charge in [0.2, 0.25) is 0 Å². The van der Waals surface area contributed by atoms with Gasteiger partial charge in [-0.3, -0.25) is 13.7 Å². The number of hydrogen-bond donors (Lipinski definition) is 7. The number of hydrogen-bond acceptors (Lipinski definition) is 15. The van der Waals surface area contributed by atoms with Gasteiger partial charge >= 0.3 is 11.7 Å². The third-order valence-corrected chi connectivity index (χ3v) is 6.73. The fourth-order valence-corrected chi connectivity index (χ4v) is 4.73. The van der Waals surface area contributed by atoms with Crippen LogP contribution in [0.25, 0.3) is 0 Å². The number of rotatable bonds is 9. The number of carboxylic acids is 1. The van der Waals surface area contributed by atoms with Gasteiger partial charge in [-0.2, -0.15) is 4.98 Å². The summed E-state index contributed by atoms with van der Waals surface area (Å²) in [5, 5.41) is 60.2. The molecule has 2 aliphatic heterocycles. The Morgan fingerprint density at radius 1 is 1.46 bits per heavy atom. The lowest BCUT2D eigenvalue weighted by Gasteiger charge is -2.46. The minimum atomic E-state index is -5.70. The number of nitrogens with one attached hydrogen (secondary N) is 1. The highest BCUT2D eigenvalue weighted by Gasteiger charge is 2.56. The second-order valence-corrected chi connectivity index (χ2v) is 9.75. The van der Waals surface area contributed by atoms with Crippen LogP contribution in [0.5, 0.6) is 0 Å². The van der Waals surface area contributed by atoms with E-state index in [9.17, 15) is 49.7 Å². The van der Waals surface area contributed by atoms with Gasteiger partial charge in [-0.15, -0.1) is 0 Å². The minimum Gasteiger partial charge on any atom is -0.756 e. The zero-order valence-electron chi connectivity index (χ0n) is 19.8. The molecule has 2 saturated heterocycles. The first kappa shape index (κ1) is 28.0. The van der Waals surface area contributed by atoms with Crippen LogP contribution >= 0.6 is 7.82 Å². The summed E-state index contributed by atoms with van der Waals surface area (Å²) in [4.78, 5) is 40.0. The van der Waals surface area contributed by atoms with Gasteiger partial charge in [0.15, 0.2) is 6.23 Å². The molecule has 2 fully saturated rings. The van der Waals surface area contributed by atoms with E-state index in [1.807, 2.05) is 0 Å². The Kier molecular flexibility index (Phi) is 8.29. The normalized spacial score (nSPS) is 37.9. The summed E-state index contributed by atoms with van der Waals surface area (Å²) in [5.74, 6) is -5.43. The number of aliphatic hydroxyl groups is 5. The van der Waals surface area contributed by atoms with E-state index in [0.717, 1.165) is 10.8 Å². The van der Waals surface area contributed by atoms with Crippen molar-refractivity contribution in [2.45, 2.75) is 74.1 Å². The summed E-state index contributed by atoms with van der Waals surface area (Å²) in [6, 6.07) is -0.549. The third kappa shape index (κ3) is 6.17. The molecule has 0 aliphatic carbocycles. The van der Waals surface area contributed by atoms with Crippen LogP contribution in [0.3, 0.4) is 0 Å². The molecule has 1 aromatic heterocycles. The number of carboxylic acid groups (broad SMARTS) is 1. The number of nitrogens with zero attached hydrogens (tertiary/aromatic N) is 2. The Hall–Kier alpha value is -2.06. The van der Waals surface area contributed by atoms with Crippen LogP contribution in [0.1, 0.15) is 20.9 Å². The highest BCUT2D eigenvalue weighted by atomic mass is 31.2. The fourth-order valence-electron chi connectivity index (χ4n) is 3.79. The predicted octanol–water partition coefficient (Wildman–Crippen LogP) is -4.73. The van der Waals surface area contributed by atoms with Crippen LogP contribution < -0.4 is 22.1 Å². The van der Waals surface area contributed by atoms with Gasteiger partial charge in [-0.05, 0) is 13.0 Å². The van der Waals surface area contributed by atoms with Gasteiger partial charge in [0.05, 0.1) is 24.9 Å². The molecule has 37 heavy (non-hydrogen) atoms. The molecule has 209 valence electrons. The molecule has 2 aliphatic rings. The fraction of sp³-hybridized carbons (Fsp3) is 0.722. The molecule has 18 nitrogen and oxygen atoms in total. The molecule has 19 heteroatoms. The summed E-state index contributed by atoms with van der Waals surface area (Å²) in [6.45, 7) is -1.83. The summed E-state index contributed by atoms with van der Waals surface area (Å²) in [7, 11) is -5.70. The van der Waals surface area contributed by atoms with E-state index in [1.165, 1.54) is 6.07 Å². The number of nitrogens with two attached hydrogens (primary N) is 1. The van der Waals surface area contributed by atoms with Crippen molar-refractivity contribution in [1.29, 1.82) is 0 Å². The van der Waals surface area contributed by atoms with Gasteiger partial charge in [0, 0.05) is 14.0 Å². The molecule has 1 radical (unpaired) electrons. The Labute approximate surface area is 209 Å². The monoisotopic (exact) mass is 555 g/mol. The van der Waals surface area contributed by atoms with Crippen molar-refractivity contribution in [3.05, 3.63) is 22.7 Å². The molecule has 0 spiro atoms. The second kappa shape index (κ2) is 11.0. The second-order valence-electron chi connectivity index (χ2n) is 8.42. The Balaban J connectivity index is 1.74. The molecule has 0 aromatic carbocycles. The predicted molar refractivity (Wildman–Crippen MR) is 114 cm³/mol. The van der Waals surface area contributed by atoms with Gasteiger partial charge in [-0.1, -0.05) is 0 Å². The number of phosphoric acid groups is 1. The van der Waals surface area contributed by atoms with E-state index in [1.54, 1.807) is 0 Å². The summed E-state index contributed by atoms with van der Waals surface area (Å²) in [5.41, 5.74) is 12.3. The molecule has 3 rings (SSSR count). The molecular weight excluding hydrogens is 527 g/mol. The van der Waals surface area contributed by atoms with E-state index in [4.69, 9.17) is 22.3 Å². The van der Waals surface area contributed by atoms with Crippen molar-refractivity contribution in [1.82, 2.24) is 15.3 Å². The molecule has 9 N–H and O–H groups in total. The van der Waals surface area contributed by atoms with Crippen molar-refractivity contribution in [2.75, 3.05) is 12.3 Å². The number of aromatic nitrogens is 2. The van der Waals surface area contributed by atoms with E-state index >= 15 is 0 Å². The number of anilines is 1. The Bertz CT molecular complexity index is 1110. The summed E-state index contributed by atoms with van der Waals surface area (Å²) >= 11 is 0. The van der Waals surface area contributed by atoms with Gasteiger partial charge in [-0.25, -0.2) is 15.3 Å². The molecule has 11 atom stereocenters. The number of nitrogen functional groups attached to an aromatic ring is 1. The molecule has 1 aromatic rings. The minimum absolute atomic E-state index is 0.133. The maximum absolute atomic E-state index is 12.5. The number of carbonyl (C=O) groups is 1. The Morgan fingerprint density at radius 3 is 2.73 bits per heavy atom. The van der Waals surface area contributed by atoms with Crippen LogP contribution in [0.4, 0.5) is 5.82 Å². The van der Waals surface area contributed by atoms with Crippen LogP contribution in [-0.4, -0.2) is 107 Å². The molecule has 0 bridgehead atoms. The van der Waals surface area contributed by atoms with Crippen LogP contribution in [-0.2, 0) is 27.9 Å². The van der Waals surface area contributed by atoms with Gasteiger partial charge in [0.25, 0.3) is 13.6 Å². The first-order chi connectivity index (χ1) is 17.6. The first-order valence-electron chi connectivity index (χ1n) is 11.3. The molecule has 11 unspecified atom stereocenters. The zero-order valence-corrected chi connectivity index (χ0v) is 19.7. The maximum Gasteiger partial charge on any atom is 0.364 e. The lowest BCUT2D eigenvalue weighted by Crippen LogP contribution is -2.63. The van der Waals surface area contributed by atoms with Crippen molar-refractivity contribution < 1.29 is 64.8 Å². The maximum atomic E-state index is 12.5. The topological polar surface area (TPSA) is 300 Å². The van der Waals surface area contributed by atoms with Crippen molar-refractivity contribution in [2.24, 2.45) is 0 Å². The Morgan fingerprint density at radius 2 is 2.14 bits per heavy atom. The highest BCUT2D eigenvalue weighted by molar-refractivity contribution is 7.45. The van der Waals surface area contributed by atoms with Gasteiger partial charge < -0.3 is 55.3 Å². The van der Waals surface area contributed by atoms with Crippen LogP contribution in [0.2, 0.25) is 0 Å². The number of phosphoric ester groups is 1. The average molecular weight is 555 g/mol. The molecular formula is C18H27N4O14P-. The molecule has 0 amide bonds. The number of aliphatic hydroxyl groups excluding tert-OH is 5. The summed E-state index contributed by atoms with van der Waals surface area (Å²) < 4.78 is 40.0. The third-order valence-electron chi connectivity index (χ3n) is 5.75. The lowest BCUT2D eigenvalue weighted by molar-refractivity contribution is -0.312. The van der Waals surface area contributed by atoms with Crippen LogP contribution in [0.15, 0.2) is 17.1 Å². The van der Waals surface area contributed by atoms with Crippen molar-refractivity contribution in [3.63, 3.8) is 0 Å². The first-order valence-corrected chi connectivity index (χ1v) is 12.1. The largest absolute Gasteiger partial charge is 0.756 e. The highest BCUT2D eigenvalue weighted by Crippen LogP contribution is 2.48. The van der Waals surface area contributed by atoms with E-state index in [-0.39, 0.29) is 5.82 Å². The quantitative estimate of drug-likeness (QED) is 0.141.